The Hall–Kier alpha value is -3.04. The zero-order chi connectivity index (χ0) is 21.6. The van der Waals surface area contributed by atoms with Gasteiger partial charge in [-0.25, -0.2) is 0 Å². The van der Waals surface area contributed by atoms with Gasteiger partial charge in [0, 0.05) is 6.04 Å². The van der Waals surface area contributed by atoms with Gasteiger partial charge in [0.15, 0.2) is 0 Å². The summed E-state index contributed by atoms with van der Waals surface area (Å²) in [7, 11) is 2.18. The van der Waals surface area contributed by atoms with Gasteiger partial charge in [-0.2, -0.15) is 0 Å². The number of aromatic hydroxyl groups is 1. The average Bonchev–Trinajstić information content (AvgIpc) is 3.22. The molecule has 3 aromatic carbocycles. The highest BCUT2D eigenvalue weighted by Crippen LogP contribution is 2.35. The molecule has 0 amide bonds. The first-order chi connectivity index (χ1) is 15.2. The maximum absolute atomic E-state index is 9.79. The fourth-order valence-corrected chi connectivity index (χ4v) is 4.41. The minimum atomic E-state index is 0.279. The van der Waals surface area contributed by atoms with Crippen LogP contribution < -0.4 is 4.74 Å². The van der Waals surface area contributed by atoms with E-state index in [1.165, 1.54) is 29.6 Å². The number of phenols is 1. The highest BCUT2D eigenvalue weighted by molar-refractivity contribution is 5.98. The topological polar surface area (TPSA) is 32.7 Å². The van der Waals surface area contributed by atoms with E-state index in [0.717, 1.165) is 36.4 Å². The second-order valence-corrected chi connectivity index (χ2v) is 8.23. The average molecular weight is 414 g/mol. The fourth-order valence-electron chi connectivity index (χ4n) is 4.41. The molecule has 1 aliphatic rings. The molecule has 1 N–H and O–H groups in total. The Morgan fingerprint density at radius 2 is 1.55 bits per heavy atom. The van der Waals surface area contributed by atoms with E-state index in [4.69, 9.17) is 4.74 Å². The van der Waals surface area contributed by atoms with Crippen molar-refractivity contribution in [2.45, 2.75) is 32.2 Å². The molecular formula is C28H31NO2. The maximum Gasteiger partial charge on any atom is 0.119 e. The summed E-state index contributed by atoms with van der Waals surface area (Å²) in [6.45, 7) is 4.09. The summed E-state index contributed by atoms with van der Waals surface area (Å²) in [5.41, 5.74) is 5.94. The third kappa shape index (κ3) is 5.00. The molecule has 3 heteroatoms. The summed E-state index contributed by atoms with van der Waals surface area (Å²) in [6.07, 6.45) is 3.37. The molecular weight excluding hydrogens is 382 g/mol. The fraction of sp³-hybridized carbons (Fsp3) is 0.286. The molecule has 1 heterocycles. The van der Waals surface area contributed by atoms with E-state index < -0.39 is 0 Å². The van der Waals surface area contributed by atoms with Gasteiger partial charge in [-0.1, -0.05) is 61.5 Å². The number of nitrogens with zero attached hydrogens (tertiary/aromatic N) is 1. The third-order valence-corrected chi connectivity index (χ3v) is 6.19. The van der Waals surface area contributed by atoms with Crippen molar-refractivity contribution < 1.29 is 9.84 Å². The standard InChI is InChI=1S/C28H31NO2/c1-3-27(21-8-5-4-6-9-21)28(22-11-15-25(30)16-12-22)23-13-17-26(18-14-23)31-20-24-10-7-19-29(24)2/h4-6,8-9,11-18,24,30H,3,7,10,19-20H2,1-2H3/b28-27-. The molecule has 0 radical (unpaired) electrons. The van der Waals surface area contributed by atoms with Crippen LogP contribution in [-0.4, -0.2) is 36.2 Å². The minimum absolute atomic E-state index is 0.279. The van der Waals surface area contributed by atoms with Crippen molar-refractivity contribution in [2.75, 3.05) is 20.2 Å². The van der Waals surface area contributed by atoms with Gasteiger partial charge in [-0.15, -0.1) is 0 Å². The molecule has 1 fully saturated rings. The van der Waals surface area contributed by atoms with Crippen LogP contribution in [0.4, 0.5) is 0 Å². The molecule has 3 nitrogen and oxygen atoms in total. The van der Waals surface area contributed by atoms with Gasteiger partial charge in [0.1, 0.15) is 18.1 Å². The molecule has 1 atom stereocenters. The van der Waals surface area contributed by atoms with Crippen molar-refractivity contribution in [3.05, 3.63) is 95.6 Å². The van der Waals surface area contributed by atoms with E-state index in [9.17, 15) is 5.11 Å². The normalized spacial score (nSPS) is 17.4. The SMILES string of the molecule is CC/C(=C(\c1ccc(O)cc1)c1ccc(OCC2CCCN2C)cc1)c1ccccc1. The van der Waals surface area contributed by atoms with E-state index in [0.29, 0.717) is 6.04 Å². The summed E-state index contributed by atoms with van der Waals surface area (Å²) >= 11 is 0. The monoisotopic (exact) mass is 413 g/mol. The largest absolute Gasteiger partial charge is 0.508 e. The number of likely N-dealkylation sites (tertiary alicyclic amines) is 1. The lowest BCUT2D eigenvalue weighted by Gasteiger charge is -2.20. The summed E-state index contributed by atoms with van der Waals surface area (Å²) in [5.74, 6) is 1.19. The van der Waals surface area contributed by atoms with Crippen LogP contribution in [0.3, 0.4) is 0 Å². The first-order valence-corrected chi connectivity index (χ1v) is 11.2. The second kappa shape index (κ2) is 9.84. The van der Waals surface area contributed by atoms with Crippen LogP contribution >= 0.6 is 0 Å². The number of ether oxygens (including phenoxy) is 1. The molecule has 0 bridgehead atoms. The molecule has 3 aromatic rings. The quantitative estimate of drug-likeness (QED) is 0.466. The van der Waals surface area contributed by atoms with Crippen molar-refractivity contribution in [1.82, 2.24) is 4.90 Å². The predicted molar refractivity (Wildman–Crippen MR) is 128 cm³/mol. The molecule has 0 aliphatic carbocycles. The minimum Gasteiger partial charge on any atom is -0.508 e. The smallest absolute Gasteiger partial charge is 0.119 e. The van der Waals surface area contributed by atoms with Crippen molar-refractivity contribution in [2.24, 2.45) is 0 Å². The van der Waals surface area contributed by atoms with Crippen molar-refractivity contribution in [3.8, 4) is 11.5 Å². The number of hydrogen-bond acceptors (Lipinski definition) is 3. The van der Waals surface area contributed by atoms with Crippen LogP contribution in [0.15, 0.2) is 78.9 Å². The zero-order valence-corrected chi connectivity index (χ0v) is 18.4. The zero-order valence-electron chi connectivity index (χ0n) is 18.4. The highest BCUT2D eigenvalue weighted by Gasteiger charge is 2.21. The van der Waals surface area contributed by atoms with Crippen molar-refractivity contribution >= 4 is 11.1 Å². The van der Waals surface area contributed by atoms with E-state index in [2.05, 4.69) is 67.4 Å². The van der Waals surface area contributed by atoms with Gasteiger partial charge in [0.2, 0.25) is 0 Å². The Balaban J connectivity index is 1.67. The first kappa shape index (κ1) is 21.2. The third-order valence-electron chi connectivity index (χ3n) is 6.19. The van der Waals surface area contributed by atoms with E-state index in [-0.39, 0.29) is 5.75 Å². The van der Waals surface area contributed by atoms with Gasteiger partial charge >= 0.3 is 0 Å². The Labute approximate surface area is 185 Å². The van der Waals surface area contributed by atoms with Gasteiger partial charge in [-0.3, -0.25) is 0 Å². The van der Waals surface area contributed by atoms with Crippen LogP contribution in [0.25, 0.3) is 11.1 Å². The number of hydrogen-bond donors (Lipinski definition) is 1. The highest BCUT2D eigenvalue weighted by atomic mass is 16.5. The van der Waals surface area contributed by atoms with Crippen LogP contribution in [0.1, 0.15) is 42.9 Å². The van der Waals surface area contributed by atoms with E-state index >= 15 is 0 Å². The lowest BCUT2D eigenvalue weighted by molar-refractivity contribution is 0.198. The Kier molecular flexibility index (Phi) is 6.73. The number of benzene rings is 3. The molecule has 31 heavy (non-hydrogen) atoms. The van der Waals surface area contributed by atoms with Gasteiger partial charge in [-0.05, 0) is 85.0 Å². The summed E-state index contributed by atoms with van der Waals surface area (Å²) in [5, 5.41) is 9.79. The molecule has 160 valence electrons. The number of likely N-dealkylation sites (N-methyl/N-ethyl adjacent to an activating group) is 1. The van der Waals surface area contributed by atoms with Crippen LogP contribution in [-0.2, 0) is 0 Å². The van der Waals surface area contributed by atoms with E-state index in [1.54, 1.807) is 12.1 Å². The molecule has 0 spiro atoms. The molecule has 1 saturated heterocycles. The first-order valence-electron chi connectivity index (χ1n) is 11.2. The Morgan fingerprint density at radius 3 is 2.13 bits per heavy atom. The number of allylic oxidation sites excluding steroid dienone is 1. The molecule has 0 saturated carbocycles. The van der Waals surface area contributed by atoms with Gasteiger partial charge < -0.3 is 14.7 Å². The van der Waals surface area contributed by atoms with E-state index in [1.807, 2.05) is 18.2 Å². The predicted octanol–water partition coefficient (Wildman–Crippen LogP) is 6.23. The summed E-state index contributed by atoms with van der Waals surface area (Å²) < 4.78 is 6.10. The number of rotatable bonds is 7. The molecule has 1 unspecified atom stereocenters. The van der Waals surface area contributed by atoms with Crippen LogP contribution in [0.2, 0.25) is 0 Å². The Bertz CT molecular complexity index is 1010. The molecule has 4 rings (SSSR count). The van der Waals surface area contributed by atoms with Gasteiger partial charge in [0.05, 0.1) is 0 Å². The molecule has 1 aliphatic heterocycles. The maximum atomic E-state index is 9.79. The molecule has 0 aromatic heterocycles. The Morgan fingerprint density at radius 1 is 0.903 bits per heavy atom. The lowest BCUT2D eigenvalue weighted by atomic mass is 9.88. The summed E-state index contributed by atoms with van der Waals surface area (Å²) in [6, 6.07) is 27.0. The van der Waals surface area contributed by atoms with Crippen molar-refractivity contribution in [1.29, 1.82) is 0 Å². The summed E-state index contributed by atoms with van der Waals surface area (Å²) in [4.78, 5) is 2.38. The van der Waals surface area contributed by atoms with Crippen LogP contribution in [0, 0.1) is 0 Å². The number of phenolic OH excluding ortho intramolecular Hbond substituents is 1. The van der Waals surface area contributed by atoms with Gasteiger partial charge in [0.25, 0.3) is 0 Å². The second-order valence-electron chi connectivity index (χ2n) is 8.23. The van der Waals surface area contributed by atoms with Crippen molar-refractivity contribution in [3.63, 3.8) is 0 Å². The van der Waals surface area contributed by atoms with Crippen LogP contribution in [0.5, 0.6) is 11.5 Å². The lowest BCUT2D eigenvalue weighted by Crippen LogP contribution is -2.30.